The van der Waals surface area contributed by atoms with Crippen LogP contribution in [0, 0.1) is 18.8 Å². The number of aromatic hydroxyl groups is 1. The molecular formula is C33H37NO4. The second-order valence-electron chi connectivity index (χ2n) is 11.6. The number of anilines is 1. The summed E-state index contributed by atoms with van der Waals surface area (Å²) in [4.78, 5) is 11.2. The van der Waals surface area contributed by atoms with Gasteiger partial charge in [0.05, 0.1) is 0 Å². The van der Waals surface area contributed by atoms with Crippen molar-refractivity contribution in [1.82, 2.24) is 0 Å². The molecule has 1 aliphatic carbocycles. The lowest BCUT2D eigenvalue weighted by molar-refractivity contribution is 0.0693. The SMILES string of the molecule is Cc1ccc(CCNc2cc(C(O)C#Cc3ccc(C(=O)O)c(O)c3)cc3c2C(C)(C)CCC3(C)C)cc1. The molecule has 0 saturated heterocycles. The van der Waals surface area contributed by atoms with E-state index in [1.54, 1.807) is 0 Å². The molecule has 0 spiro atoms. The summed E-state index contributed by atoms with van der Waals surface area (Å²) in [6.45, 7) is 11.9. The molecule has 4 rings (SSSR count). The van der Waals surface area contributed by atoms with Crippen LogP contribution in [0.25, 0.3) is 0 Å². The van der Waals surface area contributed by atoms with Crippen molar-refractivity contribution in [2.24, 2.45) is 0 Å². The van der Waals surface area contributed by atoms with Crippen LogP contribution in [-0.2, 0) is 17.3 Å². The number of benzene rings is 3. The molecule has 0 saturated carbocycles. The third-order valence-corrected chi connectivity index (χ3v) is 7.69. The van der Waals surface area contributed by atoms with E-state index in [9.17, 15) is 15.0 Å². The van der Waals surface area contributed by atoms with Gasteiger partial charge in [0.15, 0.2) is 0 Å². The molecule has 0 aliphatic heterocycles. The van der Waals surface area contributed by atoms with E-state index in [2.05, 4.69) is 82.1 Å². The number of nitrogens with one attached hydrogen (secondary N) is 1. The van der Waals surface area contributed by atoms with Crippen LogP contribution in [0.5, 0.6) is 5.75 Å². The van der Waals surface area contributed by atoms with Gasteiger partial charge >= 0.3 is 5.97 Å². The van der Waals surface area contributed by atoms with Crippen molar-refractivity contribution in [1.29, 1.82) is 0 Å². The first kappa shape index (κ1) is 27.3. The highest BCUT2D eigenvalue weighted by molar-refractivity contribution is 5.90. The van der Waals surface area contributed by atoms with Gasteiger partial charge in [0, 0.05) is 17.8 Å². The smallest absolute Gasteiger partial charge is 0.339 e. The minimum absolute atomic E-state index is 0.00435. The quantitative estimate of drug-likeness (QED) is 0.284. The van der Waals surface area contributed by atoms with Gasteiger partial charge in [-0.25, -0.2) is 4.79 Å². The molecule has 3 aromatic rings. The zero-order valence-corrected chi connectivity index (χ0v) is 22.9. The lowest BCUT2D eigenvalue weighted by Gasteiger charge is -2.43. The maximum Gasteiger partial charge on any atom is 0.339 e. The van der Waals surface area contributed by atoms with Crippen molar-refractivity contribution in [2.45, 2.75) is 70.8 Å². The molecule has 1 unspecified atom stereocenters. The molecular weight excluding hydrogens is 474 g/mol. The standard InChI is InChI=1S/C33H37NO4/c1-21-6-8-22(9-7-21)14-17-34-27-20-24(19-26-30(27)33(4,5)16-15-32(26,2)3)28(35)13-11-23-10-12-25(31(37)38)29(36)18-23/h6-10,12,18-20,28,34-36H,14-17H2,1-5H3,(H,37,38). The van der Waals surface area contributed by atoms with Crippen LogP contribution >= 0.6 is 0 Å². The van der Waals surface area contributed by atoms with Gasteiger partial charge in [-0.2, -0.15) is 0 Å². The number of aromatic carboxylic acids is 1. The van der Waals surface area contributed by atoms with Crippen molar-refractivity contribution >= 4 is 11.7 Å². The second-order valence-corrected chi connectivity index (χ2v) is 11.6. The van der Waals surface area contributed by atoms with E-state index in [4.69, 9.17) is 5.11 Å². The summed E-state index contributed by atoms with van der Waals surface area (Å²) in [6.07, 6.45) is 1.98. The minimum atomic E-state index is -1.20. The Morgan fingerprint density at radius 2 is 1.68 bits per heavy atom. The van der Waals surface area contributed by atoms with Crippen molar-refractivity contribution < 1.29 is 20.1 Å². The van der Waals surface area contributed by atoms with Crippen LogP contribution in [0.1, 0.15) is 90.4 Å². The first-order valence-corrected chi connectivity index (χ1v) is 13.1. The average Bonchev–Trinajstić information content (AvgIpc) is 2.86. The number of aliphatic hydroxyl groups excluding tert-OH is 1. The Balaban J connectivity index is 1.67. The van der Waals surface area contributed by atoms with Gasteiger partial charge in [0.25, 0.3) is 0 Å². The fourth-order valence-electron chi connectivity index (χ4n) is 5.23. The molecule has 0 fully saturated rings. The lowest BCUT2D eigenvalue weighted by Crippen LogP contribution is -2.35. The molecule has 3 aromatic carbocycles. The van der Waals surface area contributed by atoms with E-state index in [1.807, 2.05) is 6.07 Å². The molecule has 0 aromatic heterocycles. The number of rotatable bonds is 6. The monoisotopic (exact) mass is 511 g/mol. The topological polar surface area (TPSA) is 89.8 Å². The molecule has 198 valence electrons. The number of carboxylic acid groups (broad SMARTS) is 1. The number of aryl methyl sites for hydroxylation is 1. The Kier molecular flexibility index (Phi) is 7.58. The predicted molar refractivity (Wildman–Crippen MR) is 152 cm³/mol. The van der Waals surface area contributed by atoms with Crippen molar-refractivity contribution in [2.75, 3.05) is 11.9 Å². The lowest BCUT2D eigenvalue weighted by atomic mass is 9.62. The highest BCUT2D eigenvalue weighted by Gasteiger charge is 2.39. The summed E-state index contributed by atoms with van der Waals surface area (Å²) in [5.74, 6) is 4.21. The summed E-state index contributed by atoms with van der Waals surface area (Å²) in [5, 5.41) is 33.9. The summed E-state index contributed by atoms with van der Waals surface area (Å²) >= 11 is 0. The molecule has 1 aliphatic rings. The average molecular weight is 512 g/mol. The zero-order valence-electron chi connectivity index (χ0n) is 22.9. The van der Waals surface area contributed by atoms with Gasteiger partial charge in [-0.1, -0.05) is 75.4 Å². The zero-order chi connectivity index (χ0) is 27.7. The Morgan fingerprint density at radius 1 is 1.00 bits per heavy atom. The molecule has 38 heavy (non-hydrogen) atoms. The number of hydrogen-bond donors (Lipinski definition) is 4. The molecule has 0 heterocycles. The number of carbonyl (C=O) groups is 1. The molecule has 1 atom stereocenters. The van der Waals surface area contributed by atoms with Gasteiger partial charge in [0.2, 0.25) is 0 Å². The number of phenols is 1. The highest BCUT2D eigenvalue weighted by Crippen LogP contribution is 2.49. The molecule has 0 radical (unpaired) electrons. The molecule has 5 heteroatoms. The van der Waals surface area contributed by atoms with Gasteiger partial charge < -0.3 is 20.6 Å². The normalized spacial score (nSPS) is 16.1. The van der Waals surface area contributed by atoms with E-state index in [-0.39, 0.29) is 22.1 Å². The van der Waals surface area contributed by atoms with E-state index in [1.165, 1.54) is 40.5 Å². The van der Waals surface area contributed by atoms with Crippen LogP contribution in [0.3, 0.4) is 0 Å². The van der Waals surface area contributed by atoms with Gasteiger partial charge in [-0.3, -0.25) is 0 Å². The minimum Gasteiger partial charge on any atom is -0.507 e. The summed E-state index contributed by atoms with van der Waals surface area (Å²) in [6, 6.07) is 16.8. The number of aliphatic hydroxyl groups is 1. The van der Waals surface area contributed by atoms with E-state index >= 15 is 0 Å². The van der Waals surface area contributed by atoms with Crippen LogP contribution in [0.4, 0.5) is 5.69 Å². The largest absolute Gasteiger partial charge is 0.507 e. The van der Waals surface area contributed by atoms with Gasteiger partial charge in [-0.15, -0.1) is 0 Å². The summed E-state index contributed by atoms with van der Waals surface area (Å²) in [7, 11) is 0. The highest BCUT2D eigenvalue weighted by atomic mass is 16.4. The second kappa shape index (κ2) is 10.6. The first-order valence-electron chi connectivity index (χ1n) is 13.1. The van der Waals surface area contributed by atoms with Crippen LogP contribution in [0.15, 0.2) is 54.6 Å². The summed E-state index contributed by atoms with van der Waals surface area (Å²) < 4.78 is 0. The fraction of sp³-hybridized carbons (Fsp3) is 0.364. The van der Waals surface area contributed by atoms with Crippen molar-refractivity contribution in [3.8, 4) is 17.6 Å². The molecule has 4 N–H and O–H groups in total. The molecule has 0 amide bonds. The van der Waals surface area contributed by atoms with Crippen molar-refractivity contribution in [3.05, 3.63) is 93.5 Å². The van der Waals surface area contributed by atoms with E-state index < -0.39 is 12.1 Å². The number of hydrogen-bond acceptors (Lipinski definition) is 4. The Hall–Kier alpha value is -3.75. The van der Waals surface area contributed by atoms with Gasteiger partial charge in [-0.05, 0) is 83.5 Å². The van der Waals surface area contributed by atoms with Gasteiger partial charge in [0.1, 0.15) is 17.4 Å². The van der Waals surface area contributed by atoms with E-state index in [0.717, 1.165) is 31.5 Å². The van der Waals surface area contributed by atoms with Crippen LogP contribution in [0.2, 0.25) is 0 Å². The predicted octanol–water partition coefficient (Wildman–Crippen LogP) is 6.49. The maximum atomic E-state index is 11.2. The molecule has 0 bridgehead atoms. The Morgan fingerprint density at radius 3 is 2.34 bits per heavy atom. The third kappa shape index (κ3) is 5.87. The van der Waals surface area contributed by atoms with Crippen molar-refractivity contribution in [3.63, 3.8) is 0 Å². The first-order chi connectivity index (χ1) is 17.9. The fourth-order valence-corrected chi connectivity index (χ4v) is 5.23. The third-order valence-electron chi connectivity index (χ3n) is 7.69. The maximum absolute atomic E-state index is 11.2. The Bertz CT molecular complexity index is 1410. The van der Waals surface area contributed by atoms with Crippen LogP contribution < -0.4 is 5.32 Å². The Labute approximate surface area is 225 Å². The summed E-state index contributed by atoms with van der Waals surface area (Å²) in [5.41, 5.74) is 7.00. The molecule has 5 nitrogen and oxygen atoms in total. The van der Waals surface area contributed by atoms with Crippen LogP contribution in [-0.4, -0.2) is 27.8 Å². The van der Waals surface area contributed by atoms with E-state index in [0.29, 0.717) is 11.1 Å². The number of carboxylic acids is 1. The number of fused-ring (bicyclic) bond motifs is 1.